The van der Waals surface area contributed by atoms with Crippen LogP contribution in [0.5, 0.6) is 0 Å². The number of ether oxygens (including phenoxy) is 3. The van der Waals surface area contributed by atoms with E-state index in [1.165, 1.54) is 38.5 Å². The number of nitro groups is 1. The molecule has 0 aliphatic heterocycles. The Kier molecular flexibility index (Phi) is 5.74. The quantitative estimate of drug-likeness (QED) is 0.324. The Morgan fingerprint density at radius 2 is 1.50 bits per heavy atom. The highest BCUT2D eigenvalue weighted by molar-refractivity contribution is 5.90. The van der Waals surface area contributed by atoms with Crippen molar-refractivity contribution in [2.75, 3.05) is 14.2 Å². The van der Waals surface area contributed by atoms with Crippen LogP contribution in [0.1, 0.15) is 29.8 Å². The van der Waals surface area contributed by atoms with E-state index in [0.29, 0.717) is 5.56 Å². The number of hydrogen-bond acceptors (Lipinski definition) is 6. The van der Waals surface area contributed by atoms with Gasteiger partial charge in [0.05, 0.1) is 10.5 Å². The number of nitrogens with zero attached hydrogens (tertiary/aromatic N) is 1. The molecule has 0 spiro atoms. The van der Waals surface area contributed by atoms with Gasteiger partial charge in [0.1, 0.15) is 0 Å². The minimum Gasteiger partial charge on any atom is -0.450 e. The standard InChI is InChI=1S/C19H21NO6/c1-18(2,19(24-3,25-4)15-8-6-5-7-9-15)26-17(21)14-10-12-16(13-11-14)20(22)23/h5-13H,1-4H3. The van der Waals surface area contributed by atoms with E-state index in [-0.39, 0.29) is 11.3 Å². The summed E-state index contributed by atoms with van der Waals surface area (Å²) in [6, 6.07) is 14.3. The molecule has 0 saturated carbocycles. The van der Waals surface area contributed by atoms with Crippen LogP contribution in [0.25, 0.3) is 0 Å². The van der Waals surface area contributed by atoms with Crippen molar-refractivity contribution in [1.29, 1.82) is 0 Å². The molecule has 0 amide bonds. The number of non-ortho nitro benzene ring substituents is 1. The molecule has 0 N–H and O–H groups in total. The first-order valence-electron chi connectivity index (χ1n) is 7.91. The van der Waals surface area contributed by atoms with Crippen LogP contribution in [-0.2, 0) is 20.0 Å². The van der Waals surface area contributed by atoms with Crippen molar-refractivity contribution in [3.63, 3.8) is 0 Å². The third-order valence-electron chi connectivity index (χ3n) is 4.18. The van der Waals surface area contributed by atoms with E-state index in [1.807, 2.05) is 30.3 Å². The van der Waals surface area contributed by atoms with Crippen molar-refractivity contribution >= 4 is 11.7 Å². The zero-order chi connectivity index (χ0) is 19.4. The Balaban J connectivity index is 2.32. The summed E-state index contributed by atoms with van der Waals surface area (Å²) in [5, 5.41) is 10.7. The summed E-state index contributed by atoms with van der Waals surface area (Å²) in [5.41, 5.74) is -0.422. The molecule has 0 heterocycles. The molecule has 0 aliphatic rings. The summed E-state index contributed by atoms with van der Waals surface area (Å²) in [7, 11) is 2.94. The molecule has 7 heteroatoms. The van der Waals surface area contributed by atoms with Gasteiger partial charge in [-0.3, -0.25) is 10.1 Å². The Labute approximate surface area is 151 Å². The second kappa shape index (κ2) is 7.63. The van der Waals surface area contributed by atoms with Crippen molar-refractivity contribution in [2.24, 2.45) is 0 Å². The van der Waals surface area contributed by atoms with E-state index in [2.05, 4.69) is 0 Å². The molecule has 26 heavy (non-hydrogen) atoms. The highest BCUT2D eigenvalue weighted by Gasteiger charge is 2.51. The maximum atomic E-state index is 12.5. The fourth-order valence-corrected chi connectivity index (χ4v) is 2.89. The smallest absolute Gasteiger partial charge is 0.338 e. The van der Waals surface area contributed by atoms with Crippen LogP contribution >= 0.6 is 0 Å². The Morgan fingerprint density at radius 1 is 0.962 bits per heavy atom. The number of carbonyl (C=O) groups is 1. The van der Waals surface area contributed by atoms with E-state index in [9.17, 15) is 14.9 Å². The van der Waals surface area contributed by atoms with E-state index in [4.69, 9.17) is 14.2 Å². The number of esters is 1. The predicted octanol–water partition coefficient (Wildman–Crippen LogP) is 3.68. The maximum absolute atomic E-state index is 12.5. The van der Waals surface area contributed by atoms with Crippen LogP contribution in [0.4, 0.5) is 5.69 Å². The Morgan fingerprint density at radius 3 is 1.96 bits per heavy atom. The van der Waals surface area contributed by atoms with Gasteiger partial charge in [-0.2, -0.15) is 0 Å². The largest absolute Gasteiger partial charge is 0.450 e. The lowest BCUT2D eigenvalue weighted by molar-refractivity contribution is -0.384. The second-order valence-electron chi connectivity index (χ2n) is 6.09. The van der Waals surface area contributed by atoms with Crippen LogP contribution in [0.2, 0.25) is 0 Å². The van der Waals surface area contributed by atoms with Crippen molar-refractivity contribution in [2.45, 2.75) is 25.2 Å². The van der Waals surface area contributed by atoms with Crippen molar-refractivity contribution in [3.8, 4) is 0 Å². The van der Waals surface area contributed by atoms with Crippen molar-refractivity contribution in [3.05, 3.63) is 75.8 Å². The van der Waals surface area contributed by atoms with Gasteiger partial charge in [0.2, 0.25) is 5.79 Å². The minimum absolute atomic E-state index is 0.103. The minimum atomic E-state index is -1.33. The van der Waals surface area contributed by atoms with E-state index >= 15 is 0 Å². The first-order chi connectivity index (χ1) is 12.3. The number of hydrogen-bond donors (Lipinski definition) is 0. The molecule has 0 atom stereocenters. The van der Waals surface area contributed by atoms with E-state index in [0.717, 1.165) is 0 Å². The summed E-state index contributed by atoms with van der Waals surface area (Å²) in [6.45, 7) is 3.35. The molecule has 2 rings (SSSR count). The predicted molar refractivity (Wildman–Crippen MR) is 94.7 cm³/mol. The highest BCUT2D eigenvalue weighted by Crippen LogP contribution is 2.40. The van der Waals surface area contributed by atoms with Gasteiger partial charge in [-0.05, 0) is 26.0 Å². The molecule has 138 valence electrons. The average Bonchev–Trinajstić information content (AvgIpc) is 2.63. The molecule has 0 saturated heterocycles. The molecular weight excluding hydrogens is 338 g/mol. The molecule has 2 aromatic carbocycles. The number of benzene rings is 2. The van der Waals surface area contributed by atoms with Crippen LogP contribution in [0.15, 0.2) is 54.6 Å². The highest BCUT2D eigenvalue weighted by atomic mass is 16.7. The van der Waals surface area contributed by atoms with Crippen LogP contribution < -0.4 is 0 Å². The molecular formula is C19H21NO6. The first-order valence-corrected chi connectivity index (χ1v) is 7.91. The molecule has 0 aliphatic carbocycles. The first kappa shape index (κ1) is 19.6. The fraction of sp³-hybridized carbons (Fsp3) is 0.316. The van der Waals surface area contributed by atoms with Gasteiger partial charge >= 0.3 is 5.97 Å². The number of nitro benzene ring substituents is 1. The lowest BCUT2D eigenvalue weighted by atomic mass is 9.89. The molecule has 2 aromatic rings. The molecule has 7 nitrogen and oxygen atoms in total. The molecule has 0 radical (unpaired) electrons. The van der Waals surface area contributed by atoms with Gasteiger partial charge in [0.25, 0.3) is 5.69 Å². The zero-order valence-corrected chi connectivity index (χ0v) is 15.1. The zero-order valence-electron chi connectivity index (χ0n) is 15.1. The molecule has 0 fully saturated rings. The fourth-order valence-electron chi connectivity index (χ4n) is 2.89. The van der Waals surface area contributed by atoms with Crippen molar-refractivity contribution < 1.29 is 23.9 Å². The third kappa shape index (κ3) is 3.58. The van der Waals surface area contributed by atoms with Gasteiger partial charge < -0.3 is 14.2 Å². The van der Waals surface area contributed by atoms with Crippen molar-refractivity contribution in [1.82, 2.24) is 0 Å². The number of carbonyl (C=O) groups excluding carboxylic acids is 1. The van der Waals surface area contributed by atoms with Crippen LogP contribution in [-0.4, -0.2) is 30.7 Å². The Bertz CT molecular complexity index is 766. The van der Waals surface area contributed by atoms with Crippen LogP contribution in [0, 0.1) is 10.1 Å². The second-order valence-corrected chi connectivity index (χ2v) is 6.09. The Hall–Kier alpha value is -2.77. The van der Waals surface area contributed by atoms with Crippen LogP contribution in [0.3, 0.4) is 0 Å². The third-order valence-corrected chi connectivity index (χ3v) is 4.18. The van der Waals surface area contributed by atoms with Gasteiger partial charge in [0.15, 0.2) is 5.60 Å². The lowest BCUT2D eigenvalue weighted by Gasteiger charge is -2.43. The maximum Gasteiger partial charge on any atom is 0.338 e. The van der Waals surface area contributed by atoms with Gasteiger partial charge in [0, 0.05) is 31.9 Å². The molecule has 0 unspecified atom stereocenters. The summed E-state index contributed by atoms with van der Waals surface area (Å²) in [5.74, 6) is -1.97. The number of rotatable bonds is 7. The summed E-state index contributed by atoms with van der Waals surface area (Å²) >= 11 is 0. The van der Waals surface area contributed by atoms with Gasteiger partial charge in [-0.1, -0.05) is 30.3 Å². The topological polar surface area (TPSA) is 87.9 Å². The normalized spacial score (nSPS) is 11.8. The SMILES string of the molecule is COC(OC)(c1ccccc1)C(C)(C)OC(=O)c1ccc([N+](=O)[O-])cc1. The summed E-state index contributed by atoms with van der Waals surface area (Å²) < 4.78 is 16.9. The monoisotopic (exact) mass is 359 g/mol. The summed E-state index contributed by atoms with van der Waals surface area (Å²) in [6.07, 6.45) is 0. The van der Waals surface area contributed by atoms with Gasteiger partial charge in [-0.15, -0.1) is 0 Å². The lowest BCUT2D eigenvalue weighted by Crippen LogP contribution is -2.53. The van der Waals surface area contributed by atoms with E-state index < -0.39 is 22.3 Å². The average molecular weight is 359 g/mol. The number of methoxy groups -OCH3 is 2. The van der Waals surface area contributed by atoms with Gasteiger partial charge in [-0.25, -0.2) is 4.79 Å². The molecule has 0 aromatic heterocycles. The molecule has 0 bridgehead atoms. The summed E-state index contributed by atoms with van der Waals surface area (Å²) in [4.78, 5) is 22.7. The van der Waals surface area contributed by atoms with E-state index in [1.54, 1.807) is 13.8 Å².